The van der Waals surface area contributed by atoms with Gasteiger partial charge in [0.15, 0.2) is 0 Å². The molecule has 2 amide bonds. The Kier molecular flexibility index (Phi) is 4.86. The number of nitrogens with one attached hydrogen (secondary N) is 1. The Morgan fingerprint density at radius 2 is 2.18 bits per heavy atom. The van der Waals surface area contributed by atoms with Crippen LogP contribution >= 0.6 is 11.8 Å². The quantitative estimate of drug-likeness (QED) is 0.804. The number of hydrogen-bond donors (Lipinski definition) is 1. The van der Waals surface area contributed by atoms with E-state index in [0.717, 1.165) is 5.75 Å². The highest BCUT2D eigenvalue weighted by atomic mass is 32.2. The smallest absolute Gasteiger partial charge is 0.248 e. The molecule has 2 unspecified atom stereocenters. The van der Waals surface area contributed by atoms with Crippen molar-refractivity contribution in [2.45, 2.75) is 32.7 Å². The number of amides is 2. The molecule has 0 spiro atoms. The number of piperazine rings is 1. The van der Waals surface area contributed by atoms with Crippen LogP contribution < -0.4 is 5.32 Å². The fraction of sp³-hybridized carbons (Fsp3) is 0.833. The molecular formula is C12H22N2O2S. The first kappa shape index (κ1) is 14.4. The third kappa shape index (κ3) is 3.37. The van der Waals surface area contributed by atoms with Crippen LogP contribution in [0.25, 0.3) is 0 Å². The Labute approximate surface area is 108 Å². The molecule has 0 radical (unpaired) electrons. The summed E-state index contributed by atoms with van der Waals surface area (Å²) in [6, 6.07) is 0. The van der Waals surface area contributed by atoms with E-state index in [1.807, 2.05) is 6.92 Å². The molecule has 5 heteroatoms. The van der Waals surface area contributed by atoms with Crippen molar-refractivity contribution in [3.05, 3.63) is 0 Å². The molecule has 1 heterocycles. The topological polar surface area (TPSA) is 49.4 Å². The van der Waals surface area contributed by atoms with Crippen LogP contribution in [0.3, 0.4) is 0 Å². The van der Waals surface area contributed by atoms with Gasteiger partial charge in [-0.3, -0.25) is 9.59 Å². The Bertz CT molecular complexity index is 309. The van der Waals surface area contributed by atoms with Crippen molar-refractivity contribution in [2.24, 2.45) is 5.92 Å². The molecule has 0 aromatic rings. The molecule has 0 saturated carbocycles. The lowest BCUT2D eigenvalue weighted by Crippen LogP contribution is -2.65. The first-order chi connectivity index (χ1) is 7.92. The maximum atomic E-state index is 12.3. The Balaban J connectivity index is 2.71. The van der Waals surface area contributed by atoms with Gasteiger partial charge in [-0.25, -0.2) is 0 Å². The van der Waals surface area contributed by atoms with Gasteiger partial charge in [0.05, 0.1) is 6.54 Å². The predicted octanol–water partition coefficient (Wildman–Crippen LogP) is 1.11. The SMILES string of the molecule is CCC1(C)NC(=O)CN(CC(C)CSC)C1=O. The number of hydrogen-bond acceptors (Lipinski definition) is 3. The summed E-state index contributed by atoms with van der Waals surface area (Å²) < 4.78 is 0. The van der Waals surface area contributed by atoms with Crippen LogP contribution in [0.1, 0.15) is 27.2 Å². The van der Waals surface area contributed by atoms with E-state index in [0.29, 0.717) is 18.9 Å². The third-order valence-corrected chi connectivity index (χ3v) is 4.10. The van der Waals surface area contributed by atoms with E-state index in [-0.39, 0.29) is 18.4 Å². The summed E-state index contributed by atoms with van der Waals surface area (Å²) in [5.74, 6) is 1.42. The van der Waals surface area contributed by atoms with Gasteiger partial charge in [-0.05, 0) is 31.3 Å². The lowest BCUT2D eigenvalue weighted by molar-refractivity contribution is -0.149. The van der Waals surface area contributed by atoms with Crippen LogP contribution in [0.2, 0.25) is 0 Å². The van der Waals surface area contributed by atoms with Gasteiger partial charge in [-0.15, -0.1) is 0 Å². The second-order valence-electron chi connectivity index (χ2n) is 4.98. The van der Waals surface area contributed by atoms with Gasteiger partial charge < -0.3 is 10.2 Å². The number of thioether (sulfide) groups is 1. The maximum Gasteiger partial charge on any atom is 0.248 e. The standard InChI is InChI=1S/C12H22N2O2S/c1-5-12(3)11(16)14(7-10(15)13-12)6-9(2)8-17-4/h9H,5-8H2,1-4H3,(H,13,15). The molecule has 1 N–H and O–H groups in total. The normalized spacial score (nSPS) is 26.9. The van der Waals surface area contributed by atoms with Crippen molar-refractivity contribution < 1.29 is 9.59 Å². The van der Waals surface area contributed by atoms with Gasteiger partial charge in [-0.1, -0.05) is 13.8 Å². The minimum atomic E-state index is -0.714. The van der Waals surface area contributed by atoms with E-state index in [9.17, 15) is 9.59 Å². The van der Waals surface area contributed by atoms with Crippen LogP contribution in [0.15, 0.2) is 0 Å². The van der Waals surface area contributed by atoms with Crippen molar-refractivity contribution in [3.63, 3.8) is 0 Å². The third-order valence-electron chi connectivity index (χ3n) is 3.20. The highest BCUT2D eigenvalue weighted by Crippen LogP contribution is 2.19. The average molecular weight is 258 g/mol. The molecule has 1 aliphatic rings. The fourth-order valence-electron chi connectivity index (χ4n) is 2.10. The Morgan fingerprint density at radius 3 is 2.71 bits per heavy atom. The highest BCUT2D eigenvalue weighted by Gasteiger charge is 2.41. The molecule has 98 valence electrons. The van der Waals surface area contributed by atoms with Gasteiger partial charge in [0.1, 0.15) is 5.54 Å². The van der Waals surface area contributed by atoms with Crippen molar-refractivity contribution in [3.8, 4) is 0 Å². The fourth-order valence-corrected chi connectivity index (χ4v) is 2.77. The molecule has 0 aromatic carbocycles. The summed E-state index contributed by atoms with van der Waals surface area (Å²) in [4.78, 5) is 25.6. The first-order valence-electron chi connectivity index (χ1n) is 6.02. The predicted molar refractivity (Wildman–Crippen MR) is 71.0 cm³/mol. The van der Waals surface area contributed by atoms with E-state index < -0.39 is 5.54 Å². The molecule has 0 aliphatic carbocycles. The highest BCUT2D eigenvalue weighted by molar-refractivity contribution is 7.98. The molecule has 1 rings (SSSR count). The summed E-state index contributed by atoms with van der Waals surface area (Å²) in [5.41, 5.74) is -0.714. The van der Waals surface area contributed by atoms with Crippen LogP contribution in [0, 0.1) is 5.92 Å². The van der Waals surface area contributed by atoms with Gasteiger partial charge in [-0.2, -0.15) is 11.8 Å². The van der Waals surface area contributed by atoms with Crippen LogP contribution in [0.5, 0.6) is 0 Å². The Morgan fingerprint density at radius 1 is 1.53 bits per heavy atom. The summed E-state index contributed by atoms with van der Waals surface area (Å²) in [6.07, 6.45) is 2.68. The first-order valence-corrected chi connectivity index (χ1v) is 7.41. The van der Waals surface area contributed by atoms with E-state index in [1.54, 1.807) is 23.6 Å². The zero-order valence-electron chi connectivity index (χ0n) is 11.1. The lowest BCUT2D eigenvalue weighted by atomic mass is 9.94. The molecule has 17 heavy (non-hydrogen) atoms. The minimum Gasteiger partial charge on any atom is -0.340 e. The molecule has 4 nitrogen and oxygen atoms in total. The zero-order valence-corrected chi connectivity index (χ0v) is 11.9. The van der Waals surface area contributed by atoms with Crippen molar-refractivity contribution in [2.75, 3.05) is 25.1 Å². The number of nitrogens with zero attached hydrogens (tertiary/aromatic N) is 1. The number of carbonyl (C=O) groups excluding carboxylic acids is 2. The minimum absolute atomic E-state index is 0.0487. The lowest BCUT2D eigenvalue weighted by Gasteiger charge is -2.40. The van der Waals surface area contributed by atoms with E-state index in [4.69, 9.17) is 0 Å². The second-order valence-corrected chi connectivity index (χ2v) is 5.89. The Hall–Kier alpha value is -0.710. The number of rotatable bonds is 5. The van der Waals surface area contributed by atoms with Gasteiger partial charge in [0, 0.05) is 6.54 Å². The van der Waals surface area contributed by atoms with Gasteiger partial charge in [0.25, 0.3) is 0 Å². The van der Waals surface area contributed by atoms with E-state index in [2.05, 4.69) is 18.5 Å². The molecule has 2 atom stereocenters. The summed E-state index contributed by atoms with van der Waals surface area (Å²) in [5, 5.41) is 2.79. The van der Waals surface area contributed by atoms with Crippen LogP contribution in [-0.4, -0.2) is 47.4 Å². The van der Waals surface area contributed by atoms with Crippen LogP contribution in [0.4, 0.5) is 0 Å². The van der Waals surface area contributed by atoms with Crippen molar-refractivity contribution in [1.29, 1.82) is 0 Å². The summed E-state index contributed by atoms with van der Waals surface area (Å²) in [6.45, 7) is 6.71. The van der Waals surface area contributed by atoms with Crippen LogP contribution in [-0.2, 0) is 9.59 Å². The molecular weight excluding hydrogens is 236 g/mol. The van der Waals surface area contributed by atoms with E-state index in [1.165, 1.54) is 0 Å². The zero-order chi connectivity index (χ0) is 13.1. The number of carbonyl (C=O) groups is 2. The molecule has 0 bridgehead atoms. The molecule has 1 aliphatic heterocycles. The average Bonchev–Trinajstić information content (AvgIpc) is 2.25. The second kappa shape index (κ2) is 5.76. The summed E-state index contributed by atoms with van der Waals surface area (Å²) >= 11 is 1.77. The molecule has 1 fully saturated rings. The maximum absolute atomic E-state index is 12.3. The largest absolute Gasteiger partial charge is 0.340 e. The molecule has 1 saturated heterocycles. The monoisotopic (exact) mass is 258 g/mol. The van der Waals surface area contributed by atoms with E-state index >= 15 is 0 Å². The van der Waals surface area contributed by atoms with Gasteiger partial charge >= 0.3 is 0 Å². The van der Waals surface area contributed by atoms with Crippen molar-refractivity contribution in [1.82, 2.24) is 10.2 Å². The van der Waals surface area contributed by atoms with Crippen molar-refractivity contribution >= 4 is 23.6 Å². The summed E-state index contributed by atoms with van der Waals surface area (Å²) in [7, 11) is 0. The molecule has 0 aromatic heterocycles. The van der Waals surface area contributed by atoms with Gasteiger partial charge in [0.2, 0.25) is 11.8 Å².